The predicted molar refractivity (Wildman–Crippen MR) is 87.4 cm³/mol. The first-order valence-corrected chi connectivity index (χ1v) is 7.45. The molecule has 122 valence electrons. The number of aromatic nitrogens is 1. The largest absolute Gasteiger partial charge is 0.464 e. The van der Waals surface area contributed by atoms with Crippen molar-refractivity contribution in [2.45, 2.75) is 13.1 Å². The molecule has 24 heavy (non-hydrogen) atoms. The van der Waals surface area contributed by atoms with Crippen LogP contribution in [0.3, 0.4) is 0 Å². The number of carbonyl (C=O) groups is 1. The summed E-state index contributed by atoms with van der Waals surface area (Å²) in [5.74, 6) is 0.376. The van der Waals surface area contributed by atoms with E-state index < -0.39 is 0 Å². The number of rotatable bonds is 5. The number of benzene rings is 1. The summed E-state index contributed by atoms with van der Waals surface area (Å²) >= 11 is 0. The molecule has 2 heterocycles. The first-order chi connectivity index (χ1) is 11.7. The van der Waals surface area contributed by atoms with E-state index in [2.05, 4.69) is 15.6 Å². The maximum absolute atomic E-state index is 13.5. The molecule has 5 nitrogen and oxygen atoms in total. The molecule has 6 heteroatoms. The van der Waals surface area contributed by atoms with Crippen LogP contribution in [0.4, 0.5) is 9.18 Å². The highest BCUT2D eigenvalue weighted by Gasteiger charge is 2.06. The average molecular weight is 325 g/mol. The van der Waals surface area contributed by atoms with Gasteiger partial charge in [0.05, 0.1) is 6.26 Å². The summed E-state index contributed by atoms with van der Waals surface area (Å²) < 4.78 is 18.8. The summed E-state index contributed by atoms with van der Waals surface area (Å²) in [6.07, 6.45) is 4.96. The van der Waals surface area contributed by atoms with Crippen molar-refractivity contribution in [3.8, 4) is 11.3 Å². The molecule has 0 bridgehead atoms. The molecule has 0 saturated heterocycles. The molecule has 2 aromatic heterocycles. The summed E-state index contributed by atoms with van der Waals surface area (Å²) in [5.41, 5.74) is 2.12. The Morgan fingerprint density at radius 1 is 1.08 bits per heavy atom. The van der Waals surface area contributed by atoms with E-state index in [1.54, 1.807) is 42.9 Å². The van der Waals surface area contributed by atoms with Crippen LogP contribution in [0.1, 0.15) is 11.1 Å². The van der Waals surface area contributed by atoms with Crippen LogP contribution in [0.25, 0.3) is 11.3 Å². The Morgan fingerprint density at radius 3 is 2.71 bits per heavy atom. The molecule has 0 aliphatic heterocycles. The maximum Gasteiger partial charge on any atom is 0.315 e. The lowest BCUT2D eigenvalue weighted by molar-refractivity contribution is 0.240. The maximum atomic E-state index is 13.5. The van der Waals surface area contributed by atoms with E-state index in [9.17, 15) is 9.18 Å². The predicted octanol–water partition coefficient (Wildman–Crippen LogP) is 3.48. The third-order valence-electron chi connectivity index (χ3n) is 3.45. The molecule has 3 rings (SSSR count). The summed E-state index contributed by atoms with van der Waals surface area (Å²) in [5, 5.41) is 5.34. The number of carbonyl (C=O) groups excluding carboxylic acids is 1. The highest BCUT2D eigenvalue weighted by molar-refractivity contribution is 5.73. The Hall–Kier alpha value is -3.15. The van der Waals surface area contributed by atoms with Gasteiger partial charge in [0.1, 0.15) is 11.6 Å². The molecule has 0 saturated carbocycles. The molecule has 3 aromatic rings. The lowest BCUT2D eigenvalue weighted by atomic mass is 10.1. The number of amides is 2. The highest BCUT2D eigenvalue weighted by atomic mass is 19.1. The Morgan fingerprint density at radius 2 is 1.92 bits per heavy atom. The van der Waals surface area contributed by atoms with E-state index in [1.165, 1.54) is 6.07 Å². The summed E-state index contributed by atoms with van der Waals surface area (Å²) in [7, 11) is 0. The number of nitrogens with one attached hydrogen (secondary N) is 2. The van der Waals surface area contributed by atoms with E-state index in [0.29, 0.717) is 17.9 Å². The number of nitrogens with zero attached hydrogens (tertiary/aromatic N) is 1. The normalized spacial score (nSPS) is 10.4. The molecular weight excluding hydrogens is 309 g/mol. The standard InChI is InChI=1S/C18H16FN3O2/c19-16-5-2-1-4-14(16)12-22-18(23)21-10-13-8-15(11-20-9-13)17-6-3-7-24-17/h1-9,11H,10,12H2,(H2,21,22,23). The van der Waals surface area contributed by atoms with Gasteiger partial charge in [0, 0.05) is 36.6 Å². The fourth-order valence-corrected chi connectivity index (χ4v) is 2.22. The lowest BCUT2D eigenvalue weighted by Crippen LogP contribution is -2.34. The van der Waals surface area contributed by atoms with E-state index in [-0.39, 0.29) is 18.4 Å². The van der Waals surface area contributed by atoms with Gasteiger partial charge in [-0.25, -0.2) is 9.18 Å². The van der Waals surface area contributed by atoms with Crippen LogP contribution in [0.5, 0.6) is 0 Å². The molecule has 0 spiro atoms. The van der Waals surface area contributed by atoms with E-state index in [0.717, 1.165) is 11.1 Å². The minimum absolute atomic E-state index is 0.128. The van der Waals surface area contributed by atoms with Crippen LogP contribution >= 0.6 is 0 Å². The first-order valence-electron chi connectivity index (χ1n) is 7.45. The molecule has 0 atom stereocenters. The van der Waals surface area contributed by atoms with E-state index in [1.807, 2.05) is 12.1 Å². The van der Waals surface area contributed by atoms with Crippen molar-refractivity contribution in [1.82, 2.24) is 15.6 Å². The van der Waals surface area contributed by atoms with Crippen molar-refractivity contribution in [3.63, 3.8) is 0 Å². The van der Waals surface area contributed by atoms with Gasteiger partial charge in [-0.2, -0.15) is 0 Å². The molecular formula is C18H16FN3O2. The van der Waals surface area contributed by atoms with Crippen molar-refractivity contribution in [2.24, 2.45) is 0 Å². The van der Waals surface area contributed by atoms with E-state index in [4.69, 9.17) is 4.42 Å². The zero-order valence-electron chi connectivity index (χ0n) is 12.8. The van der Waals surface area contributed by atoms with Crippen molar-refractivity contribution < 1.29 is 13.6 Å². The van der Waals surface area contributed by atoms with Crippen LogP contribution in [-0.4, -0.2) is 11.0 Å². The fourth-order valence-electron chi connectivity index (χ4n) is 2.22. The second-order valence-corrected chi connectivity index (χ2v) is 5.19. The summed E-state index contributed by atoms with van der Waals surface area (Å²) in [6, 6.07) is 11.5. The van der Waals surface area contributed by atoms with Crippen molar-refractivity contribution in [3.05, 3.63) is 78.1 Å². The van der Waals surface area contributed by atoms with Crippen LogP contribution < -0.4 is 10.6 Å². The highest BCUT2D eigenvalue weighted by Crippen LogP contribution is 2.19. The van der Waals surface area contributed by atoms with Gasteiger partial charge in [-0.3, -0.25) is 4.98 Å². The second-order valence-electron chi connectivity index (χ2n) is 5.19. The number of hydrogen-bond acceptors (Lipinski definition) is 3. The molecule has 2 amide bonds. The number of pyridine rings is 1. The molecule has 0 unspecified atom stereocenters. The monoisotopic (exact) mass is 325 g/mol. The zero-order chi connectivity index (χ0) is 16.8. The van der Waals surface area contributed by atoms with Gasteiger partial charge < -0.3 is 15.1 Å². The molecule has 0 fully saturated rings. The Balaban J connectivity index is 1.53. The van der Waals surface area contributed by atoms with Gasteiger partial charge in [-0.15, -0.1) is 0 Å². The third-order valence-corrected chi connectivity index (χ3v) is 3.45. The molecule has 0 radical (unpaired) electrons. The van der Waals surface area contributed by atoms with E-state index >= 15 is 0 Å². The van der Waals surface area contributed by atoms with Gasteiger partial charge in [-0.1, -0.05) is 18.2 Å². The minimum atomic E-state index is -0.373. The topological polar surface area (TPSA) is 67.2 Å². The lowest BCUT2D eigenvalue weighted by Gasteiger charge is -2.09. The van der Waals surface area contributed by atoms with Crippen LogP contribution in [0.15, 0.2) is 65.5 Å². The molecule has 1 aromatic carbocycles. The third kappa shape index (κ3) is 3.98. The number of halogens is 1. The fraction of sp³-hybridized carbons (Fsp3) is 0.111. The summed E-state index contributed by atoms with van der Waals surface area (Å²) in [6.45, 7) is 0.438. The quantitative estimate of drug-likeness (QED) is 0.755. The van der Waals surface area contributed by atoms with Gasteiger partial charge in [-0.05, 0) is 29.8 Å². The molecule has 0 aliphatic carbocycles. The number of hydrogen-bond donors (Lipinski definition) is 2. The Labute approximate surface area is 138 Å². The van der Waals surface area contributed by atoms with Crippen molar-refractivity contribution in [2.75, 3.05) is 0 Å². The van der Waals surface area contributed by atoms with Gasteiger partial charge in [0.2, 0.25) is 0 Å². The van der Waals surface area contributed by atoms with Gasteiger partial charge >= 0.3 is 6.03 Å². The first kappa shape index (κ1) is 15.7. The van der Waals surface area contributed by atoms with Gasteiger partial charge in [0.15, 0.2) is 0 Å². The van der Waals surface area contributed by atoms with Crippen LogP contribution in [-0.2, 0) is 13.1 Å². The Kier molecular flexibility index (Phi) is 4.86. The molecule has 0 aliphatic rings. The van der Waals surface area contributed by atoms with Crippen LogP contribution in [0, 0.1) is 5.82 Å². The SMILES string of the molecule is O=C(NCc1cncc(-c2ccco2)c1)NCc1ccccc1F. The summed E-state index contributed by atoms with van der Waals surface area (Å²) in [4.78, 5) is 16.0. The minimum Gasteiger partial charge on any atom is -0.464 e. The second kappa shape index (κ2) is 7.41. The zero-order valence-corrected chi connectivity index (χ0v) is 12.8. The molecule has 2 N–H and O–H groups in total. The van der Waals surface area contributed by atoms with Crippen molar-refractivity contribution >= 4 is 6.03 Å². The average Bonchev–Trinajstić information content (AvgIpc) is 3.14. The van der Waals surface area contributed by atoms with Gasteiger partial charge in [0.25, 0.3) is 0 Å². The number of urea groups is 1. The van der Waals surface area contributed by atoms with Crippen molar-refractivity contribution in [1.29, 1.82) is 0 Å². The smallest absolute Gasteiger partial charge is 0.315 e. The Bertz CT molecular complexity index is 819. The number of furan rings is 1. The van der Waals surface area contributed by atoms with Crippen LogP contribution in [0.2, 0.25) is 0 Å².